The van der Waals surface area contributed by atoms with Crippen LogP contribution in [0.5, 0.6) is 0 Å². The molecule has 0 radical (unpaired) electrons. The summed E-state index contributed by atoms with van der Waals surface area (Å²) in [6, 6.07) is 16.1. The highest BCUT2D eigenvalue weighted by Crippen LogP contribution is 2.17. The van der Waals surface area contributed by atoms with Crippen molar-refractivity contribution in [3.63, 3.8) is 0 Å². The van der Waals surface area contributed by atoms with Gasteiger partial charge in [0.25, 0.3) is 5.91 Å². The fraction of sp³-hybridized carbons (Fsp3) is 0.150. The molecule has 0 saturated heterocycles. The van der Waals surface area contributed by atoms with Gasteiger partial charge in [-0.2, -0.15) is 5.10 Å². The Morgan fingerprint density at radius 1 is 1.11 bits per heavy atom. The first-order chi connectivity index (χ1) is 13.0. The SMILES string of the molecule is Cc1c(C(=O)OC(C)C(=O)Nc2ccc(Cl)cc2)cnn1-c1ccccc1. The minimum absolute atomic E-state index is 0.310. The van der Waals surface area contributed by atoms with E-state index in [0.717, 1.165) is 5.69 Å². The molecular weight excluding hydrogens is 366 g/mol. The molecule has 1 N–H and O–H groups in total. The van der Waals surface area contributed by atoms with Gasteiger partial charge in [0.1, 0.15) is 5.56 Å². The monoisotopic (exact) mass is 383 g/mol. The van der Waals surface area contributed by atoms with Gasteiger partial charge in [-0.1, -0.05) is 29.8 Å². The zero-order valence-corrected chi connectivity index (χ0v) is 15.6. The molecule has 0 spiro atoms. The van der Waals surface area contributed by atoms with Gasteiger partial charge < -0.3 is 10.1 Å². The van der Waals surface area contributed by atoms with Gasteiger partial charge in [-0.25, -0.2) is 9.48 Å². The van der Waals surface area contributed by atoms with Crippen LogP contribution in [0.25, 0.3) is 5.69 Å². The predicted molar refractivity (Wildman–Crippen MR) is 103 cm³/mol. The largest absolute Gasteiger partial charge is 0.449 e. The van der Waals surface area contributed by atoms with Gasteiger partial charge >= 0.3 is 5.97 Å². The first-order valence-electron chi connectivity index (χ1n) is 8.33. The van der Waals surface area contributed by atoms with Crippen LogP contribution in [0.15, 0.2) is 60.8 Å². The Bertz CT molecular complexity index is 952. The van der Waals surface area contributed by atoms with E-state index in [4.69, 9.17) is 16.3 Å². The van der Waals surface area contributed by atoms with Gasteiger partial charge in [0.05, 0.1) is 17.6 Å². The van der Waals surface area contributed by atoms with Gasteiger partial charge in [0.2, 0.25) is 0 Å². The standard InChI is InChI=1S/C20H18ClN3O3/c1-13-18(12-22-24(13)17-6-4-3-5-7-17)20(26)27-14(2)19(25)23-16-10-8-15(21)9-11-16/h3-12,14H,1-2H3,(H,23,25). The van der Waals surface area contributed by atoms with Gasteiger partial charge in [0.15, 0.2) is 6.10 Å². The molecule has 6 nitrogen and oxygen atoms in total. The summed E-state index contributed by atoms with van der Waals surface area (Å²) in [5, 5.41) is 7.48. The van der Waals surface area contributed by atoms with Crippen molar-refractivity contribution in [2.75, 3.05) is 5.32 Å². The van der Waals surface area contributed by atoms with E-state index in [1.54, 1.807) is 35.9 Å². The number of anilines is 1. The van der Waals surface area contributed by atoms with Crippen molar-refractivity contribution in [3.05, 3.63) is 77.1 Å². The summed E-state index contributed by atoms with van der Waals surface area (Å²) in [5.74, 6) is -1.03. The van der Waals surface area contributed by atoms with E-state index >= 15 is 0 Å². The average Bonchev–Trinajstić information content (AvgIpc) is 3.05. The zero-order chi connectivity index (χ0) is 19.4. The number of benzene rings is 2. The van der Waals surface area contributed by atoms with Crippen LogP contribution in [0, 0.1) is 6.92 Å². The maximum absolute atomic E-state index is 12.4. The molecule has 27 heavy (non-hydrogen) atoms. The van der Waals surface area contributed by atoms with E-state index in [0.29, 0.717) is 22.0 Å². The van der Waals surface area contributed by atoms with Gasteiger partial charge in [-0.05, 0) is 50.2 Å². The third kappa shape index (κ3) is 4.35. The van der Waals surface area contributed by atoms with Crippen LogP contribution in [0.3, 0.4) is 0 Å². The van der Waals surface area contributed by atoms with Crippen molar-refractivity contribution in [3.8, 4) is 5.69 Å². The molecule has 3 rings (SSSR count). The molecule has 138 valence electrons. The Balaban J connectivity index is 1.67. The minimum Gasteiger partial charge on any atom is -0.449 e. The Morgan fingerprint density at radius 2 is 1.78 bits per heavy atom. The lowest BCUT2D eigenvalue weighted by atomic mass is 10.2. The number of aromatic nitrogens is 2. The summed E-state index contributed by atoms with van der Waals surface area (Å²) < 4.78 is 6.94. The van der Waals surface area contributed by atoms with Gasteiger partial charge in [-0.15, -0.1) is 0 Å². The van der Waals surface area contributed by atoms with E-state index in [2.05, 4.69) is 10.4 Å². The fourth-order valence-electron chi connectivity index (χ4n) is 2.49. The number of nitrogens with one attached hydrogen (secondary N) is 1. The lowest BCUT2D eigenvalue weighted by molar-refractivity contribution is -0.123. The van der Waals surface area contributed by atoms with E-state index in [1.165, 1.54) is 13.1 Å². The number of para-hydroxylation sites is 1. The Kier molecular flexibility index (Phi) is 5.57. The third-order valence-corrected chi connectivity index (χ3v) is 4.25. The first-order valence-corrected chi connectivity index (χ1v) is 8.71. The molecule has 0 bridgehead atoms. The molecular formula is C20H18ClN3O3. The third-order valence-electron chi connectivity index (χ3n) is 4.00. The number of esters is 1. The quantitative estimate of drug-likeness (QED) is 0.675. The number of ether oxygens (including phenoxy) is 1. The van der Waals surface area contributed by atoms with Crippen LogP contribution >= 0.6 is 11.6 Å². The molecule has 0 saturated carbocycles. The summed E-state index contributed by atoms with van der Waals surface area (Å²) in [4.78, 5) is 24.7. The van der Waals surface area contributed by atoms with E-state index < -0.39 is 18.0 Å². The van der Waals surface area contributed by atoms with Gasteiger partial charge in [-0.3, -0.25) is 4.79 Å². The van der Waals surface area contributed by atoms with Crippen molar-refractivity contribution < 1.29 is 14.3 Å². The van der Waals surface area contributed by atoms with Crippen molar-refractivity contribution in [2.24, 2.45) is 0 Å². The smallest absolute Gasteiger partial charge is 0.342 e. The molecule has 2 aromatic carbocycles. The summed E-state index contributed by atoms with van der Waals surface area (Å²) in [6.07, 6.45) is 0.474. The fourth-order valence-corrected chi connectivity index (χ4v) is 2.62. The molecule has 1 atom stereocenters. The highest BCUT2D eigenvalue weighted by atomic mass is 35.5. The Hall–Kier alpha value is -3.12. The molecule has 0 aliphatic rings. The molecule has 0 aliphatic heterocycles. The number of nitrogens with zero attached hydrogens (tertiary/aromatic N) is 2. The predicted octanol–water partition coefficient (Wildman–Crippen LogP) is 4.02. The van der Waals surface area contributed by atoms with Crippen molar-refractivity contribution in [2.45, 2.75) is 20.0 Å². The number of hydrogen-bond acceptors (Lipinski definition) is 4. The second-order valence-corrected chi connectivity index (χ2v) is 6.37. The van der Waals surface area contributed by atoms with E-state index in [-0.39, 0.29) is 0 Å². The lowest BCUT2D eigenvalue weighted by Gasteiger charge is -2.13. The molecule has 7 heteroatoms. The number of rotatable bonds is 5. The van der Waals surface area contributed by atoms with Crippen LogP contribution in [0.2, 0.25) is 5.02 Å². The van der Waals surface area contributed by atoms with Crippen LogP contribution in [-0.2, 0) is 9.53 Å². The maximum atomic E-state index is 12.4. The number of halogens is 1. The van der Waals surface area contributed by atoms with E-state index in [1.807, 2.05) is 30.3 Å². The Labute approximate surface area is 161 Å². The Morgan fingerprint density at radius 3 is 2.44 bits per heavy atom. The maximum Gasteiger partial charge on any atom is 0.342 e. The number of carbonyl (C=O) groups is 2. The second-order valence-electron chi connectivity index (χ2n) is 5.93. The van der Waals surface area contributed by atoms with Crippen LogP contribution < -0.4 is 5.32 Å². The summed E-state index contributed by atoms with van der Waals surface area (Å²) in [7, 11) is 0. The molecule has 0 fully saturated rings. The summed E-state index contributed by atoms with van der Waals surface area (Å²) >= 11 is 5.82. The second kappa shape index (κ2) is 8.05. The van der Waals surface area contributed by atoms with Crippen molar-refractivity contribution >= 4 is 29.2 Å². The first kappa shape index (κ1) is 18.7. The topological polar surface area (TPSA) is 73.2 Å². The van der Waals surface area contributed by atoms with Gasteiger partial charge in [0, 0.05) is 10.7 Å². The van der Waals surface area contributed by atoms with Crippen molar-refractivity contribution in [1.82, 2.24) is 9.78 Å². The zero-order valence-electron chi connectivity index (χ0n) is 14.8. The molecule has 0 aliphatic carbocycles. The summed E-state index contributed by atoms with van der Waals surface area (Å²) in [5.41, 5.74) is 2.35. The molecule has 1 heterocycles. The molecule has 1 amide bonds. The van der Waals surface area contributed by atoms with E-state index in [9.17, 15) is 9.59 Å². The average molecular weight is 384 g/mol. The highest BCUT2D eigenvalue weighted by Gasteiger charge is 2.22. The minimum atomic E-state index is -0.965. The highest BCUT2D eigenvalue weighted by molar-refractivity contribution is 6.30. The molecule has 1 aromatic heterocycles. The van der Waals surface area contributed by atoms with Crippen LogP contribution in [0.1, 0.15) is 23.0 Å². The lowest BCUT2D eigenvalue weighted by Crippen LogP contribution is -2.30. The molecule has 3 aromatic rings. The van der Waals surface area contributed by atoms with Crippen LogP contribution in [0.4, 0.5) is 5.69 Å². The summed E-state index contributed by atoms with van der Waals surface area (Å²) in [6.45, 7) is 3.29. The molecule has 1 unspecified atom stereocenters. The number of carbonyl (C=O) groups excluding carboxylic acids is 2. The normalized spacial score (nSPS) is 11.7. The number of amides is 1. The number of hydrogen-bond donors (Lipinski definition) is 1. The van der Waals surface area contributed by atoms with Crippen molar-refractivity contribution in [1.29, 1.82) is 0 Å². The van der Waals surface area contributed by atoms with Crippen LogP contribution in [-0.4, -0.2) is 27.8 Å².